The molecule has 0 saturated carbocycles. The number of hydrogen-bond donors (Lipinski definition) is 2. The van der Waals surface area contributed by atoms with Crippen molar-refractivity contribution in [3.8, 4) is 6.07 Å². The molecule has 0 aliphatic heterocycles. The van der Waals surface area contributed by atoms with E-state index in [-0.39, 0.29) is 17.4 Å². The zero-order chi connectivity index (χ0) is 10.8. The highest BCUT2D eigenvalue weighted by molar-refractivity contribution is 5.99. The smallest absolute Gasteiger partial charge is 0.222 e. The van der Waals surface area contributed by atoms with E-state index in [9.17, 15) is 4.79 Å². The average molecular weight is 202 g/mol. The van der Waals surface area contributed by atoms with Gasteiger partial charge in [-0.2, -0.15) is 10.4 Å². The summed E-state index contributed by atoms with van der Waals surface area (Å²) in [6.07, 6.45) is 1.28. The Labute approximate surface area is 84.1 Å². The topological polar surface area (TPSA) is 107 Å². The van der Waals surface area contributed by atoms with E-state index in [1.54, 1.807) is 0 Å². The van der Waals surface area contributed by atoms with Crippen molar-refractivity contribution in [1.29, 1.82) is 5.26 Å². The van der Waals surface area contributed by atoms with Crippen LogP contribution in [0, 0.1) is 11.3 Å². The minimum absolute atomic E-state index is 0.161. The third-order valence-corrected chi connectivity index (χ3v) is 1.76. The Morgan fingerprint density at radius 3 is 3.07 bits per heavy atom. The van der Waals surface area contributed by atoms with Crippen molar-refractivity contribution in [3.63, 3.8) is 0 Å². The molecule has 0 saturated heterocycles. The molecule has 7 heteroatoms. The van der Waals surface area contributed by atoms with E-state index in [0.717, 1.165) is 0 Å². The van der Waals surface area contributed by atoms with E-state index in [0.29, 0.717) is 11.0 Å². The Bertz CT molecular complexity index is 566. The summed E-state index contributed by atoms with van der Waals surface area (Å²) in [4.78, 5) is 18.7. The van der Waals surface area contributed by atoms with E-state index in [1.807, 2.05) is 6.07 Å². The largest absolute Gasteiger partial charge is 0.310 e. The number of rotatable bonds is 1. The third-order valence-electron chi connectivity index (χ3n) is 1.76. The van der Waals surface area contributed by atoms with Gasteiger partial charge in [0.15, 0.2) is 11.3 Å². The van der Waals surface area contributed by atoms with Crippen LogP contribution in [0.5, 0.6) is 0 Å². The Kier molecular flexibility index (Phi) is 2.02. The summed E-state index contributed by atoms with van der Waals surface area (Å²) < 4.78 is 0. The molecule has 1 amide bonds. The Balaban J connectivity index is 2.68. The molecule has 0 atom stereocenters. The second-order valence-electron chi connectivity index (χ2n) is 2.81. The van der Waals surface area contributed by atoms with Crippen molar-refractivity contribution in [2.24, 2.45) is 0 Å². The van der Waals surface area contributed by atoms with Gasteiger partial charge in [0.1, 0.15) is 18.2 Å². The van der Waals surface area contributed by atoms with E-state index in [4.69, 9.17) is 5.26 Å². The van der Waals surface area contributed by atoms with Crippen molar-refractivity contribution in [2.45, 2.75) is 6.92 Å². The summed E-state index contributed by atoms with van der Waals surface area (Å²) in [5.74, 6) is 0.0258. The molecule has 0 unspecified atom stereocenters. The maximum absolute atomic E-state index is 10.9. The van der Waals surface area contributed by atoms with Gasteiger partial charge in [0, 0.05) is 6.92 Å². The number of carbonyl (C=O) groups is 1. The molecule has 2 N–H and O–H groups in total. The predicted octanol–water partition coefficient (Wildman–Crippen LogP) is 0.183. The van der Waals surface area contributed by atoms with E-state index < -0.39 is 0 Å². The molecule has 0 radical (unpaired) electrons. The summed E-state index contributed by atoms with van der Waals surface area (Å²) in [6, 6.07) is 1.89. The molecular weight excluding hydrogens is 196 g/mol. The number of carbonyl (C=O) groups excluding carboxylic acids is 1. The van der Waals surface area contributed by atoms with Crippen molar-refractivity contribution in [1.82, 2.24) is 20.2 Å². The average Bonchev–Trinajstić information content (AvgIpc) is 2.61. The molecule has 0 bridgehead atoms. The molecule has 2 aromatic heterocycles. The predicted molar refractivity (Wildman–Crippen MR) is 50.7 cm³/mol. The second kappa shape index (κ2) is 3.34. The summed E-state index contributed by atoms with van der Waals surface area (Å²) in [5, 5.41) is 18.0. The van der Waals surface area contributed by atoms with Gasteiger partial charge < -0.3 is 5.32 Å². The number of fused-ring (bicyclic) bond motifs is 1. The minimum Gasteiger partial charge on any atom is -0.310 e. The Morgan fingerprint density at radius 2 is 2.40 bits per heavy atom. The lowest BCUT2D eigenvalue weighted by molar-refractivity contribution is -0.114. The maximum atomic E-state index is 10.9. The number of aromatic nitrogens is 4. The van der Waals surface area contributed by atoms with Crippen LogP contribution < -0.4 is 5.32 Å². The van der Waals surface area contributed by atoms with Gasteiger partial charge >= 0.3 is 0 Å². The van der Waals surface area contributed by atoms with Gasteiger partial charge in [0.25, 0.3) is 0 Å². The van der Waals surface area contributed by atoms with Gasteiger partial charge in [0.2, 0.25) is 5.91 Å². The van der Waals surface area contributed by atoms with Crippen LogP contribution in [-0.2, 0) is 4.79 Å². The molecule has 0 aliphatic rings. The normalized spacial score (nSPS) is 9.87. The van der Waals surface area contributed by atoms with Gasteiger partial charge in [-0.25, -0.2) is 9.97 Å². The van der Waals surface area contributed by atoms with Gasteiger partial charge in [-0.15, -0.1) is 0 Å². The maximum Gasteiger partial charge on any atom is 0.222 e. The zero-order valence-electron chi connectivity index (χ0n) is 7.77. The first-order chi connectivity index (χ1) is 7.22. The van der Waals surface area contributed by atoms with Crippen LogP contribution >= 0.6 is 0 Å². The second-order valence-corrected chi connectivity index (χ2v) is 2.81. The number of aromatic amines is 1. The van der Waals surface area contributed by atoms with Crippen LogP contribution in [0.15, 0.2) is 6.33 Å². The SMILES string of the molecule is CC(=O)Nc1ncnc2[nH]nc(C#N)c12. The monoisotopic (exact) mass is 202 g/mol. The fraction of sp³-hybridized carbons (Fsp3) is 0.125. The molecule has 0 spiro atoms. The first kappa shape index (κ1) is 9.08. The molecule has 7 nitrogen and oxygen atoms in total. The van der Waals surface area contributed by atoms with Gasteiger partial charge in [0.05, 0.1) is 5.39 Å². The number of nitriles is 1. The van der Waals surface area contributed by atoms with E-state index >= 15 is 0 Å². The van der Waals surface area contributed by atoms with Crippen LogP contribution in [-0.4, -0.2) is 26.1 Å². The molecule has 2 aromatic rings. The number of amides is 1. The number of nitrogens with one attached hydrogen (secondary N) is 2. The zero-order valence-corrected chi connectivity index (χ0v) is 7.77. The molecule has 74 valence electrons. The highest BCUT2D eigenvalue weighted by atomic mass is 16.1. The highest BCUT2D eigenvalue weighted by Gasteiger charge is 2.12. The van der Waals surface area contributed by atoms with Crippen LogP contribution in [0.25, 0.3) is 11.0 Å². The summed E-state index contributed by atoms with van der Waals surface area (Å²) in [6.45, 7) is 1.36. The molecule has 2 rings (SSSR count). The van der Waals surface area contributed by atoms with Gasteiger partial charge in [-0.3, -0.25) is 9.89 Å². The fourth-order valence-corrected chi connectivity index (χ4v) is 1.20. The van der Waals surface area contributed by atoms with Gasteiger partial charge in [-0.1, -0.05) is 0 Å². The van der Waals surface area contributed by atoms with E-state index in [2.05, 4.69) is 25.5 Å². The lowest BCUT2D eigenvalue weighted by atomic mass is 10.3. The lowest BCUT2D eigenvalue weighted by Crippen LogP contribution is -2.08. The molecule has 0 fully saturated rings. The first-order valence-corrected chi connectivity index (χ1v) is 4.09. The Morgan fingerprint density at radius 1 is 1.60 bits per heavy atom. The number of hydrogen-bond acceptors (Lipinski definition) is 5. The lowest BCUT2D eigenvalue weighted by Gasteiger charge is -2.00. The molecule has 15 heavy (non-hydrogen) atoms. The summed E-state index contributed by atoms with van der Waals surface area (Å²) in [5.41, 5.74) is 0.583. The summed E-state index contributed by atoms with van der Waals surface area (Å²) >= 11 is 0. The summed E-state index contributed by atoms with van der Waals surface area (Å²) in [7, 11) is 0. The van der Waals surface area contributed by atoms with Crippen LogP contribution in [0.4, 0.5) is 5.82 Å². The van der Waals surface area contributed by atoms with Crippen LogP contribution in [0.2, 0.25) is 0 Å². The molecule has 2 heterocycles. The van der Waals surface area contributed by atoms with Crippen molar-refractivity contribution in [2.75, 3.05) is 5.32 Å². The Hall–Kier alpha value is -2.49. The van der Waals surface area contributed by atoms with Crippen molar-refractivity contribution < 1.29 is 4.79 Å². The third kappa shape index (κ3) is 1.48. The number of nitrogens with zero attached hydrogens (tertiary/aromatic N) is 4. The number of H-pyrrole nitrogens is 1. The van der Waals surface area contributed by atoms with Crippen molar-refractivity contribution >= 4 is 22.8 Å². The van der Waals surface area contributed by atoms with Crippen LogP contribution in [0.1, 0.15) is 12.6 Å². The fourth-order valence-electron chi connectivity index (χ4n) is 1.20. The standard InChI is InChI=1S/C8H6N6O/c1-4(15)12-7-6-5(2-9)13-14-8(6)11-3-10-7/h3H,1H3,(H2,10,11,12,13,14,15). The first-order valence-electron chi connectivity index (χ1n) is 4.09. The minimum atomic E-state index is -0.264. The van der Waals surface area contributed by atoms with Crippen LogP contribution in [0.3, 0.4) is 0 Å². The van der Waals surface area contributed by atoms with Gasteiger partial charge in [-0.05, 0) is 0 Å². The van der Waals surface area contributed by atoms with E-state index in [1.165, 1.54) is 13.3 Å². The molecule has 0 aliphatic carbocycles. The molecule has 0 aromatic carbocycles. The molecular formula is C8H6N6O. The quantitative estimate of drug-likeness (QED) is 0.685. The highest BCUT2D eigenvalue weighted by Crippen LogP contribution is 2.20. The van der Waals surface area contributed by atoms with Crippen molar-refractivity contribution in [3.05, 3.63) is 12.0 Å². The number of anilines is 1.